The van der Waals surface area contributed by atoms with Crippen LogP contribution < -0.4 is 10.5 Å². The van der Waals surface area contributed by atoms with Crippen LogP contribution in [0.15, 0.2) is 28.7 Å². The molecule has 0 spiro atoms. The van der Waals surface area contributed by atoms with Gasteiger partial charge in [0, 0.05) is 10.0 Å². The van der Waals surface area contributed by atoms with Crippen molar-refractivity contribution in [2.24, 2.45) is 5.73 Å². The molecule has 2 N–H and O–H groups in total. The second-order valence-corrected chi connectivity index (χ2v) is 4.98. The van der Waals surface area contributed by atoms with Gasteiger partial charge in [-0.25, -0.2) is 0 Å². The van der Waals surface area contributed by atoms with Crippen molar-refractivity contribution in [3.05, 3.63) is 28.7 Å². The maximum atomic E-state index is 6.02. The van der Waals surface area contributed by atoms with Crippen LogP contribution >= 0.6 is 15.9 Å². The Hall–Kier alpha value is -0.540. The third-order valence-corrected chi connectivity index (χ3v) is 3.09. The Kier molecular flexibility index (Phi) is 4.61. The molecule has 2 nitrogen and oxygen atoms in total. The van der Waals surface area contributed by atoms with Crippen LogP contribution in [0.1, 0.15) is 26.7 Å². The molecule has 0 radical (unpaired) electrons. The van der Waals surface area contributed by atoms with Gasteiger partial charge in [-0.05, 0) is 44.0 Å². The van der Waals surface area contributed by atoms with E-state index in [2.05, 4.69) is 29.8 Å². The second-order valence-electron chi connectivity index (χ2n) is 4.06. The van der Waals surface area contributed by atoms with Crippen LogP contribution in [-0.2, 0) is 0 Å². The molecule has 1 rings (SSSR count). The highest BCUT2D eigenvalue weighted by atomic mass is 79.9. The summed E-state index contributed by atoms with van der Waals surface area (Å²) < 4.78 is 6.66. The van der Waals surface area contributed by atoms with Crippen molar-refractivity contribution < 1.29 is 4.74 Å². The fourth-order valence-electron chi connectivity index (χ4n) is 1.11. The highest BCUT2D eigenvalue weighted by molar-refractivity contribution is 9.10. The van der Waals surface area contributed by atoms with Crippen LogP contribution in [0, 0.1) is 0 Å². The first-order chi connectivity index (χ1) is 7.03. The summed E-state index contributed by atoms with van der Waals surface area (Å²) in [4.78, 5) is 0. The van der Waals surface area contributed by atoms with Crippen LogP contribution in [0.5, 0.6) is 5.75 Å². The second kappa shape index (κ2) is 5.52. The van der Waals surface area contributed by atoms with Gasteiger partial charge in [0.05, 0.1) is 6.61 Å². The van der Waals surface area contributed by atoms with E-state index in [0.29, 0.717) is 6.61 Å². The van der Waals surface area contributed by atoms with E-state index in [-0.39, 0.29) is 5.54 Å². The van der Waals surface area contributed by atoms with Gasteiger partial charge in [-0.1, -0.05) is 22.9 Å². The van der Waals surface area contributed by atoms with Gasteiger partial charge in [0.25, 0.3) is 0 Å². The zero-order chi connectivity index (χ0) is 11.3. The molecule has 0 aliphatic heterocycles. The average molecular weight is 272 g/mol. The molecular weight excluding hydrogens is 254 g/mol. The van der Waals surface area contributed by atoms with E-state index in [0.717, 1.165) is 23.1 Å². The Labute approximate surface area is 99.9 Å². The first kappa shape index (κ1) is 12.5. The molecule has 15 heavy (non-hydrogen) atoms. The lowest BCUT2D eigenvalue weighted by molar-refractivity contribution is 0.262. The topological polar surface area (TPSA) is 35.2 Å². The summed E-state index contributed by atoms with van der Waals surface area (Å²) in [5, 5.41) is 0. The molecule has 0 saturated carbocycles. The molecule has 3 heteroatoms. The van der Waals surface area contributed by atoms with Gasteiger partial charge < -0.3 is 10.5 Å². The Bertz CT molecular complexity index is 295. The Morgan fingerprint density at radius 1 is 1.33 bits per heavy atom. The predicted octanol–water partition coefficient (Wildman–Crippen LogP) is 3.35. The highest BCUT2D eigenvalue weighted by Gasteiger charge is 2.14. The molecule has 1 atom stereocenters. The lowest BCUT2D eigenvalue weighted by Gasteiger charge is -2.22. The van der Waals surface area contributed by atoms with Crippen molar-refractivity contribution in [3.63, 3.8) is 0 Å². The standard InChI is InChI=1S/C12H18BrNO/c1-3-12(2,14)8-9-15-11-6-4-10(13)5-7-11/h4-7H,3,8-9,14H2,1-2H3. The Morgan fingerprint density at radius 2 is 1.93 bits per heavy atom. The number of benzene rings is 1. The van der Waals surface area contributed by atoms with Crippen molar-refractivity contribution >= 4 is 15.9 Å². The quantitative estimate of drug-likeness (QED) is 0.892. The molecule has 1 unspecified atom stereocenters. The molecule has 1 aromatic carbocycles. The van der Waals surface area contributed by atoms with Gasteiger partial charge >= 0.3 is 0 Å². The Balaban J connectivity index is 2.35. The van der Waals surface area contributed by atoms with Gasteiger partial charge in [0.15, 0.2) is 0 Å². The maximum absolute atomic E-state index is 6.02. The van der Waals surface area contributed by atoms with E-state index >= 15 is 0 Å². The van der Waals surface area contributed by atoms with E-state index in [9.17, 15) is 0 Å². The molecule has 0 heterocycles. The SMILES string of the molecule is CCC(C)(N)CCOc1ccc(Br)cc1. The molecule has 0 fully saturated rings. The first-order valence-electron chi connectivity index (χ1n) is 5.21. The third kappa shape index (κ3) is 4.67. The van der Waals surface area contributed by atoms with Gasteiger partial charge in [-0.3, -0.25) is 0 Å². The summed E-state index contributed by atoms with van der Waals surface area (Å²) in [6, 6.07) is 7.83. The minimum atomic E-state index is -0.116. The summed E-state index contributed by atoms with van der Waals surface area (Å²) in [5.74, 6) is 0.894. The number of ether oxygens (including phenoxy) is 1. The van der Waals surface area contributed by atoms with Crippen LogP contribution in [0.25, 0.3) is 0 Å². The molecule has 0 aliphatic carbocycles. The van der Waals surface area contributed by atoms with E-state index in [1.807, 2.05) is 24.3 Å². The molecular formula is C12H18BrNO. The third-order valence-electron chi connectivity index (χ3n) is 2.56. The normalized spacial score (nSPS) is 14.7. The van der Waals surface area contributed by atoms with Gasteiger partial charge in [-0.2, -0.15) is 0 Å². The average Bonchev–Trinajstić information content (AvgIpc) is 2.21. The molecule has 0 aromatic heterocycles. The molecule has 0 saturated heterocycles. The summed E-state index contributed by atoms with van der Waals surface area (Å²) >= 11 is 3.38. The van der Waals surface area contributed by atoms with Gasteiger partial charge in [0.1, 0.15) is 5.75 Å². The van der Waals surface area contributed by atoms with Crippen molar-refractivity contribution in [1.82, 2.24) is 0 Å². The summed E-state index contributed by atoms with van der Waals surface area (Å²) in [7, 11) is 0. The van der Waals surface area contributed by atoms with Crippen molar-refractivity contribution in [3.8, 4) is 5.75 Å². The van der Waals surface area contributed by atoms with Gasteiger partial charge in [-0.15, -0.1) is 0 Å². The largest absolute Gasteiger partial charge is 0.494 e. The number of rotatable bonds is 5. The minimum absolute atomic E-state index is 0.116. The first-order valence-corrected chi connectivity index (χ1v) is 6.00. The van der Waals surface area contributed by atoms with E-state index in [4.69, 9.17) is 10.5 Å². The molecule has 84 valence electrons. The monoisotopic (exact) mass is 271 g/mol. The van der Waals surface area contributed by atoms with Crippen LogP contribution in [0.4, 0.5) is 0 Å². The predicted molar refractivity (Wildman–Crippen MR) is 67.1 cm³/mol. The van der Waals surface area contributed by atoms with Crippen molar-refractivity contribution in [2.45, 2.75) is 32.2 Å². The van der Waals surface area contributed by atoms with E-state index < -0.39 is 0 Å². The summed E-state index contributed by atoms with van der Waals surface area (Å²) in [5.41, 5.74) is 5.90. The van der Waals surface area contributed by atoms with E-state index in [1.165, 1.54) is 0 Å². The zero-order valence-corrected chi connectivity index (χ0v) is 10.9. The smallest absolute Gasteiger partial charge is 0.119 e. The van der Waals surface area contributed by atoms with Crippen LogP contribution in [-0.4, -0.2) is 12.1 Å². The van der Waals surface area contributed by atoms with Crippen LogP contribution in [0.3, 0.4) is 0 Å². The lowest BCUT2D eigenvalue weighted by atomic mass is 9.97. The summed E-state index contributed by atoms with van der Waals surface area (Å²) in [6.45, 7) is 4.82. The molecule has 0 bridgehead atoms. The molecule has 1 aromatic rings. The number of halogens is 1. The lowest BCUT2D eigenvalue weighted by Crippen LogP contribution is -2.36. The zero-order valence-electron chi connectivity index (χ0n) is 9.29. The summed E-state index contributed by atoms with van der Waals surface area (Å²) in [6.07, 6.45) is 1.84. The van der Waals surface area contributed by atoms with Gasteiger partial charge in [0.2, 0.25) is 0 Å². The van der Waals surface area contributed by atoms with Crippen LogP contribution in [0.2, 0.25) is 0 Å². The molecule has 0 aliphatic rings. The minimum Gasteiger partial charge on any atom is -0.494 e. The van der Waals surface area contributed by atoms with Crippen molar-refractivity contribution in [1.29, 1.82) is 0 Å². The number of hydrogen-bond acceptors (Lipinski definition) is 2. The fourth-order valence-corrected chi connectivity index (χ4v) is 1.37. The van der Waals surface area contributed by atoms with Crippen molar-refractivity contribution in [2.75, 3.05) is 6.61 Å². The number of nitrogens with two attached hydrogens (primary N) is 1. The Morgan fingerprint density at radius 3 is 2.47 bits per heavy atom. The highest BCUT2D eigenvalue weighted by Crippen LogP contribution is 2.17. The fraction of sp³-hybridized carbons (Fsp3) is 0.500. The van der Waals surface area contributed by atoms with E-state index in [1.54, 1.807) is 0 Å². The number of hydrogen-bond donors (Lipinski definition) is 1. The molecule has 0 amide bonds. The maximum Gasteiger partial charge on any atom is 0.119 e.